The van der Waals surface area contributed by atoms with Gasteiger partial charge >= 0.3 is 7.82 Å². The fraction of sp³-hybridized carbons (Fsp3) is 0.839. The fourth-order valence-electron chi connectivity index (χ4n) is 7.93. The van der Waals surface area contributed by atoms with Gasteiger partial charge in [-0.05, 0) is 57.8 Å². The highest BCUT2D eigenvalue weighted by Gasteiger charge is 2.27. The topological polar surface area (TPSA) is 105 Å². The van der Waals surface area contributed by atoms with E-state index in [1.807, 2.05) is 27.2 Å². The Morgan fingerprint density at radius 3 is 1.28 bits per heavy atom. The highest BCUT2D eigenvalue weighted by molar-refractivity contribution is 7.47. The van der Waals surface area contributed by atoms with Gasteiger partial charge in [0.2, 0.25) is 5.91 Å². The molecule has 0 fully saturated rings. The molecule has 3 unspecified atom stereocenters. The molecular weight excluding hydrogens is 828 g/mol. The van der Waals surface area contributed by atoms with E-state index in [0.717, 1.165) is 51.4 Å². The molecule has 3 N–H and O–H groups in total. The van der Waals surface area contributed by atoms with Gasteiger partial charge in [-0.1, -0.05) is 236 Å². The molecule has 9 heteroatoms. The van der Waals surface area contributed by atoms with E-state index in [-0.39, 0.29) is 19.1 Å². The van der Waals surface area contributed by atoms with Gasteiger partial charge in [0.25, 0.3) is 0 Å². The Hall–Kier alpha value is -1.54. The third-order valence-corrected chi connectivity index (χ3v) is 13.3. The van der Waals surface area contributed by atoms with Crippen LogP contribution in [0.5, 0.6) is 0 Å². The lowest BCUT2D eigenvalue weighted by Gasteiger charge is -2.25. The molecule has 0 rings (SSSR count). The molecule has 0 bridgehead atoms. The Morgan fingerprint density at radius 1 is 0.523 bits per heavy atom. The zero-order valence-corrected chi connectivity index (χ0v) is 44.4. The van der Waals surface area contributed by atoms with Crippen molar-refractivity contribution in [3.63, 3.8) is 0 Å². The summed E-state index contributed by atoms with van der Waals surface area (Å²) in [4.78, 5) is 23.2. The number of hydrogen-bond donors (Lipinski definition) is 3. The van der Waals surface area contributed by atoms with Gasteiger partial charge < -0.3 is 19.8 Å². The second kappa shape index (κ2) is 47.5. The van der Waals surface area contributed by atoms with Crippen molar-refractivity contribution in [1.82, 2.24) is 5.32 Å². The van der Waals surface area contributed by atoms with E-state index in [0.29, 0.717) is 17.4 Å². The summed E-state index contributed by atoms with van der Waals surface area (Å²) >= 11 is 0. The summed E-state index contributed by atoms with van der Waals surface area (Å²) in [6.07, 6.45) is 62.1. The van der Waals surface area contributed by atoms with Crippen LogP contribution in [0, 0.1) is 0 Å². The number of likely N-dealkylation sites (N-methyl/N-ethyl adjacent to an activating group) is 1. The quantitative estimate of drug-likeness (QED) is 0.0243. The fourth-order valence-corrected chi connectivity index (χ4v) is 8.67. The van der Waals surface area contributed by atoms with E-state index in [1.54, 1.807) is 6.08 Å². The summed E-state index contributed by atoms with van der Waals surface area (Å²) in [5, 5.41) is 13.9. The third kappa shape index (κ3) is 50.2. The van der Waals surface area contributed by atoms with Crippen LogP contribution >= 0.6 is 7.82 Å². The number of aliphatic hydroxyl groups is 1. The van der Waals surface area contributed by atoms with Crippen LogP contribution in [0.4, 0.5) is 0 Å². The Balaban J connectivity index is 4.06. The summed E-state index contributed by atoms with van der Waals surface area (Å²) in [7, 11) is 1.57. The van der Waals surface area contributed by atoms with E-state index in [9.17, 15) is 19.4 Å². The number of carbonyl (C=O) groups is 1. The molecule has 3 atom stereocenters. The minimum absolute atomic E-state index is 0.0615. The van der Waals surface area contributed by atoms with Crippen molar-refractivity contribution in [2.45, 2.75) is 264 Å². The number of allylic oxidation sites excluding steroid dienone is 7. The smallest absolute Gasteiger partial charge is 0.387 e. The minimum Gasteiger partial charge on any atom is -0.387 e. The van der Waals surface area contributed by atoms with E-state index >= 15 is 0 Å². The standard InChI is InChI=1S/C56H107N2O6P/c1-6-8-10-12-14-16-18-20-21-22-23-24-25-26-27-28-29-30-31-32-33-34-35-36-37-38-40-42-44-46-48-50-56(60)57-54(53-64-65(61,62)63-52-51-58(3,4)5)55(59)49-47-45-43-41-39-19-17-15-13-11-9-7-2/h18,20,22-23,25-26,47,49,54-55,59H,6-17,19,21,24,27-46,48,50-53H2,1-5H3,(H-,57,60,61,62)/p+1/b20-18-,23-22-,26-25-,49-47+. The average molecular weight is 936 g/mol. The number of amides is 1. The van der Waals surface area contributed by atoms with E-state index in [1.165, 1.54) is 180 Å². The van der Waals surface area contributed by atoms with Crippen LogP contribution in [0.25, 0.3) is 0 Å². The summed E-state index contributed by atoms with van der Waals surface area (Å²) in [5.74, 6) is -0.177. The van der Waals surface area contributed by atoms with Gasteiger partial charge in [0.1, 0.15) is 13.2 Å². The number of carbonyl (C=O) groups excluding carboxylic acids is 1. The van der Waals surface area contributed by atoms with E-state index < -0.39 is 20.0 Å². The lowest BCUT2D eigenvalue weighted by atomic mass is 10.0. The van der Waals surface area contributed by atoms with Crippen molar-refractivity contribution >= 4 is 13.7 Å². The average Bonchev–Trinajstić information content (AvgIpc) is 3.26. The van der Waals surface area contributed by atoms with Crippen molar-refractivity contribution < 1.29 is 32.9 Å². The highest BCUT2D eigenvalue weighted by atomic mass is 31.2. The van der Waals surface area contributed by atoms with Gasteiger partial charge in [-0.3, -0.25) is 13.8 Å². The number of nitrogens with one attached hydrogen (secondary N) is 1. The molecule has 0 aromatic rings. The monoisotopic (exact) mass is 936 g/mol. The molecule has 0 saturated carbocycles. The molecule has 0 saturated heterocycles. The van der Waals surface area contributed by atoms with Gasteiger partial charge in [-0.2, -0.15) is 0 Å². The van der Waals surface area contributed by atoms with Crippen LogP contribution in [-0.2, 0) is 18.4 Å². The molecule has 0 aliphatic rings. The first-order valence-electron chi connectivity index (χ1n) is 27.5. The molecular formula is C56H108N2O6P+. The lowest BCUT2D eigenvalue weighted by Crippen LogP contribution is -2.45. The van der Waals surface area contributed by atoms with Crippen molar-refractivity contribution in [1.29, 1.82) is 0 Å². The Morgan fingerprint density at radius 2 is 0.877 bits per heavy atom. The van der Waals surface area contributed by atoms with Gasteiger partial charge in [-0.15, -0.1) is 0 Å². The largest absolute Gasteiger partial charge is 0.472 e. The van der Waals surface area contributed by atoms with Crippen LogP contribution in [0.3, 0.4) is 0 Å². The van der Waals surface area contributed by atoms with Crippen LogP contribution in [0.1, 0.15) is 251 Å². The Kier molecular flexibility index (Phi) is 46.4. The number of nitrogens with zero attached hydrogens (tertiary/aromatic N) is 1. The number of rotatable bonds is 50. The van der Waals surface area contributed by atoms with Crippen molar-refractivity contribution in [2.24, 2.45) is 0 Å². The molecule has 0 radical (unpaired) electrons. The molecule has 382 valence electrons. The summed E-state index contributed by atoms with van der Waals surface area (Å²) in [5.41, 5.74) is 0. The van der Waals surface area contributed by atoms with E-state index in [2.05, 4.69) is 55.6 Å². The van der Waals surface area contributed by atoms with Crippen LogP contribution in [0.2, 0.25) is 0 Å². The number of hydrogen-bond acceptors (Lipinski definition) is 5. The highest BCUT2D eigenvalue weighted by Crippen LogP contribution is 2.43. The predicted octanol–water partition coefficient (Wildman–Crippen LogP) is 16.4. The molecule has 0 heterocycles. The number of quaternary nitrogens is 1. The zero-order chi connectivity index (χ0) is 47.8. The zero-order valence-electron chi connectivity index (χ0n) is 43.5. The van der Waals surface area contributed by atoms with Gasteiger partial charge in [0, 0.05) is 6.42 Å². The van der Waals surface area contributed by atoms with Crippen molar-refractivity contribution in [2.75, 3.05) is 40.9 Å². The van der Waals surface area contributed by atoms with Crippen LogP contribution < -0.4 is 5.32 Å². The number of unbranched alkanes of at least 4 members (excludes halogenated alkanes) is 31. The third-order valence-electron chi connectivity index (χ3n) is 12.3. The Bertz CT molecular complexity index is 1200. The summed E-state index contributed by atoms with van der Waals surface area (Å²) < 4.78 is 23.6. The molecule has 0 spiro atoms. The SMILES string of the molecule is CCCCCCC/C=C\C/C=C\C/C=C\CCCCCCCCCCCCCCCCCCC(=O)NC(COP(=O)(O)OCC[N+](C)(C)C)C(O)/C=C/CCCCCCCCCCCC. The molecule has 8 nitrogen and oxygen atoms in total. The molecule has 0 aromatic carbocycles. The first kappa shape index (κ1) is 63.5. The van der Waals surface area contributed by atoms with E-state index in [4.69, 9.17) is 9.05 Å². The number of phosphoric ester groups is 1. The first-order valence-corrected chi connectivity index (χ1v) is 29.0. The number of aliphatic hydroxyl groups excluding tert-OH is 1. The van der Waals surface area contributed by atoms with Crippen molar-refractivity contribution in [3.8, 4) is 0 Å². The molecule has 65 heavy (non-hydrogen) atoms. The molecule has 0 aromatic heterocycles. The molecule has 0 aliphatic carbocycles. The van der Waals surface area contributed by atoms with Gasteiger partial charge in [0.05, 0.1) is 39.9 Å². The predicted molar refractivity (Wildman–Crippen MR) is 281 cm³/mol. The second-order valence-corrected chi connectivity index (χ2v) is 21.4. The first-order chi connectivity index (χ1) is 31.5. The second-order valence-electron chi connectivity index (χ2n) is 20.0. The minimum atomic E-state index is -4.34. The maximum Gasteiger partial charge on any atom is 0.472 e. The lowest BCUT2D eigenvalue weighted by molar-refractivity contribution is -0.870. The van der Waals surface area contributed by atoms with Gasteiger partial charge in [-0.25, -0.2) is 4.57 Å². The maximum absolute atomic E-state index is 12.9. The maximum atomic E-state index is 12.9. The molecule has 1 amide bonds. The summed E-state index contributed by atoms with van der Waals surface area (Å²) in [6, 6.07) is -0.845. The van der Waals surface area contributed by atoms with Crippen LogP contribution in [-0.4, -0.2) is 73.4 Å². The van der Waals surface area contributed by atoms with Crippen LogP contribution in [0.15, 0.2) is 48.6 Å². The molecule has 0 aliphatic heterocycles. The number of phosphoric acid groups is 1. The van der Waals surface area contributed by atoms with Gasteiger partial charge in [0.15, 0.2) is 0 Å². The summed E-state index contributed by atoms with van der Waals surface area (Å²) in [6.45, 7) is 4.80. The normalized spacial score (nSPS) is 14.4. The van der Waals surface area contributed by atoms with Crippen molar-refractivity contribution in [3.05, 3.63) is 48.6 Å². The Labute approximate surface area is 403 Å².